The number of nitrogens with one attached hydrogen (secondary N) is 1. The highest BCUT2D eigenvalue weighted by atomic mass is 16.5. The van der Waals surface area contributed by atoms with Crippen molar-refractivity contribution in [3.63, 3.8) is 0 Å². The number of benzene rings is 1. The minimum atomic E-state index is -0.270. The first-order chi connectivity index (χ1) is 23.5. The lowest BCUT2D eigenvalue weighted by atomic mass is 9.90. The molecule has 1 saturated carbocycles. The second-order valence-electron chi connectivity index (χ2n) is 12.5. The number of methoxy groups -OCH3 is 1. The zero-order valence-corrected chi connectivity index (χ0v) is 27.7. The van der Waals surface area contributed by atoms with Crippen LogP contribution in [0.2, 0.25) is 0 Å². The van der Waals surface area contributed by atoms with Gasteiger partial charge in [-0.2, -0.15) is 5.26 Å². The summed E-state index contributed by atoms with van der Waals surface area (Å²) < 4.78 is 26.8. The zero-order valence-electron chi connectivity index (χ0n) is 27.7. The Morgan fingerprint density at radius 1 is 1.04 bits per heavy atom. The van der Waals surface area contributed by atoms with Crippen LogP contribution >= 0.6 is 0 Å². The third-order valence-corrected chi connectivity index (χ3v) is 8.75. The summed E-state index contributed by atoms with van der Waals surface area (Å²) in [6.45, 7) is 9.17. The Labute approximate surface area is 280 Å². The van der Waals surface area contributed by atoms with Gasteiger partial charge in [-0.05, 0) is 60.7 Å². The molecule has 2 atom stereocenters. The number of hydrogen-bond acceptors (Lipinski definition) is 13. The van der Waals surface area contributed by atoms with Crippen LogP contribution in [0.5, 0.6) is 11.6 Å². The molecule has 0 radical (unpaired) electrons. The molecular weight excluding hydrogens is 614 g/mol. The molecule has 1 aliphatic heterocycles. The van der Waals surface area contributed by atoms with Crippen molar-refractivity contribution in [1.82, 2.24) is 44.9 Å². The van der Waals surface area contributed by atoms with Crippen molar-refractivity contribution in [1.29, 1.82) is 5.26 Å². The molecule has 6 rings (SSSR count). The van der Waals surface area contributed by atoms with Crippen LogP contribution in [0.4, 0.5) is 11.6 Å². The fraction of sp³-hybridized carbons (Fsp3) is 0.545. The van der Waals surface area contributed by atoms with E-state index in [9.17, 15) is 5.26 Å². The summed E-state index contributed by atoms with van der Waals surface area (Å²) in [5.41, 5.74) is 2.75. The van der Waals surface area contributed by atoms with Gasteiger partial charge in [0.15, 0.2) is 0 Å². The van der Waals surface area contributed by atoms with Gasteiger partial charge in [-0.15, -0.1) is 10.2 Å². The van der Waals surface area contributed by atoms with Crippen molar-refractivity contribution in [3.05, 3.63) is 48.7 Å². The zero-order chi connectivity index (χ0) is 33.3. The van der Waals surface area contributed by atoms with E-state index in [1.807, 2.05) is 29.9 Å². The van der Waals surface area contributed by atoms with Crippen LogP contribution in [0.25, 0.3) is 11.1 Å². The third kappa shape index (κ3) is 8.43. The minimum absolute atomic E-state index is 0.205. The van der Waals surface area contributed by atoms with Gasteiger partial charge in [0.25, 0.3) is 5.88 Å². The fourth-order valence-electron chi connectivity index (χ4n) is 6.27. The SMILES string of the molecule is COCC(C)COc1nn(C2CCC(N3CCOCC3)CC2)cc1Nc1ncc(-c2ccc(C#N)c(O[C@@H](C)Cn3cnnn3)c2)cn1. The maximum Gasteiger partial charge on any atom is 0.256 e. The number of rotatable bonds is 14. The van der Waals surface area contributed by atoms with Gasteiger partial charge in [0.05, 0.1) is 50.8 Å². The average Bonchev–Trinajstić information content (AvgIpc) is 3.78. The Morgan fingerprint density at radius 3 is 2.52 bits per heavy atom. The molecule has 254 valence electrons. The number of nitrogens with zero attached hydrogens (tertiary/aromatic N) is 10. The molecule has 3 aromatic heterocycles. The summed E-state index contributed by atoms with van der Waals surface area (Å²) in [5, 5.41) is 29.1. The minimum Gasteiger partial charge on any atom is -0.487 e. The first-order valence-corrected chi connectivity index (χ1v) is 16.5. The smallest absolute Gasteiger partial charge is 0.256 e. The summed E-state index contributed by atoms with van der Waals surface area (Å²) >= 11 is 0. The van der Waals surface area contributed by atoms with Crippen LogP contribution in [-0.2, 0) is 16.0 Å². The molecule has 2 aliphatic rings. The molecule has 1 aliphatic carbocycles. The second kappa shape index (κ2) is 16.0. The monoisotopic (exact) mass is 657 g/mol. The summed E-state index contributed by atoms with van der Waals surface area (Å²) in [7, 11) is 1.69. The Kier molecular flexibility index (Phi) is 11.1. The highest BCUT2D eigenvalue weighted by Crippen LogP contribution is 2.35. The highest BCUT2D eigenvalue weighted by molar-refractivity contribution is 5.67. The lowest BCUT2D eigenvalue weighted by Gasteiger charge is -2.38. The number of anilines is 2. The van der Waals surface area contributed by atoms with Crippen molar-refractivity contribution in [2.45, 2.75) is 64.3 Å². The number of morpholine rings is 1. The molecule has 1 N–H and O–H groups in total. The van der Waals surface area contributed by atoms with Crippen LogP contribution in [0.15, 0.2) is 43.1 Å². The average molecular weight is 658 g/mol. The fourth-order valence-corrected chi connectivity index (χ4v) is 6.27. The van der Waals surface area contributed by atoms with Crippen LogP contribution in [0, 0.1) is 17.2 Å². The first kappa shape index (κ1) is 33.3. The highest BCUT2D eigenvalue weighted by Gasteiger charge is 2.29. The van der Waals surface area contributed by atoms with Crippen LogP contribution in [0.3, 0.4) is 0 Å². The molecule has 15 nitrogen and oxygen atoms in total. The van der Waals surface area contributed by atoms with Crippen molar-refractivity contribution >= 4 is 11.6 Å². The van der Waals surface area contributed by atoms with E-state index < -0.39 is 0 Å². The molecule has 1 aromatic carbocycles. The van der Waals surface area contributed by atoms with E-state index in [0.717, 1.165) is 63.1 Å². The molecule has 4 aromatic rings. The van der Waals surface area contributed by atoms with Gasteiger partial charge in [-0.25, -0.2) is 14.6 Å². The van der Waals surface area contributed by atoms with E-state index >= 15 is 0 Å². The molecule has 48 heavy (non-hydrogen) atoms. The molecule has 1 saturated heterocycles. The van der Waals surface area contributed by atoms with Crippen LogP contribution < -0.4 is 14.8 Å². The predicted molar refractivity (Wildman–Crippen MR) is 176 cm³/mol. The second-order valence-corrected chi connectivity index (χ2v) is 12.5. The Hall–Kier alpha value is -4.65. The van der Waals surface area contributed by atoms with E-state index in [-0.39, 0.29) is 12.0 Å². The van der Waals surface area contributed by atoms with Crippen LogP contribution in [-0.4, -0.2) is 104 Å². The van der Waals surface area contributed by atoms with E-state index in [0.29, 0.717) is 60.7 Å². The standard InChI is InChI=1S/C33H43N11O4/c1-23(20-45-3)21-47-32-30(19-44(39-32)29-8-6-28(7-9-29)42-10-12-46-13-11-42)38-33-35-16-27(17-36-33)25-4-5-26(15-34)31(14-25)48-24(2)18-43-22-37-40-41-43/h4-5,14,16-17,19,22-24,28-29H,6-13,18,20-21H2,1-3H3,(H,35,36,38)/t23?,24-,28?,29?/m0/s1. The number of hydrogen-bond donors (Lipinski definition) is 1. The molecule has 15 heteroatoms. The van der Waals surface area contributed by atoms with Crippen molar-refractivity contribution in [2.24, 2.45) is 5.92 Å². The van der Waals surface area contributed by atoms with Gasteiger partial charge >= 0.3 is 0 Å². The van der Waals surface area contributed by atoms with E-state index in [2.05, 4.69) is 48.7 Å². The third-order valence-electron chi connectivity index (χ3n) is 8.75. The van der Waals surface area contributed by atoms with Crippen molar-refractivity contribution in [2.75, 3.05) is 51.9 Å². The Bertz CT molecular complexity index is 1630. The molecule has 0 amide bonds. The number of tetrazole rings is 1. The van der Waals surface area contributed by atoms with Gasteiger partial charge in [-0.1, -0.05) is 13.0 Å². The maximum absolute atomic E-state index is 9.66. The summed E-state index contributed by atoms with van der Waals surface area (Å²) in [5.74, 6) is 1.61. The molecule has 4 heterocycles. The number of ether oxygens (including phenoxy) is 4. The lowest BCUT2D eigenvalue weighted by molar-refractivity contribution is 0.00502. The maximum atomic E-state index is 9.66. The van der Waals surface area contributed by atoms with Gasteiger partial charge in [-0.3, -0.25) is 9.58 Å². The van der Waals surface area contributed by atoms with Gasteiger partial charge in [0.1, 0.15) is 29.9 Å². The summed E-state index contributed by atoms with van der Waals surface area (Å²) in [6, 6.07) is 8.52. The number of nitriles is 1. The van der Waals surface area contributed by atoms with Crippen molar-refractivity contribution in [3.8, 4) is 28.8 Å². The Morgan fingerprint density at radius 2 is 1.81 bits per heavy atom. The van der Waals surface area contributed by atoms with Gasteiger partial charge in [0.2, 0.25) is 5.95 Å². The Balaban J connectivity index is 1.14. The van der Waals surface area contributed by atoms with E-state index in [1.54, 1.807) is 30.3 Å². The molecular formula is C33H43N11O4. The summed E-state index contributed by atoms with van der Waals surface area (Å²) in [6.07, 6.45) is 11.1. The lowest BCUT2D eigenvalue weighted by Crippen LogP contribution is -2.45. The van der Waals surface area contributed by atoms with Crippen molar-refractivity contribution < 1.29 is 18.9 Å². The topological polar surface area (TPSA) is 163 Å². The quantitative estimate of drug-likeness (QED) is 0.208. The predicted octanol–water partition coefficient (Wildman–Crippen LogP) is 3.89. The molecule has 0 bridgehead atoms. The first-order valence-electron chi connectivity index (χ1n) is 16.5. The van der Waals surface area contributed by atoms with Crippen LogP contribution in [0.1, 0.15) is 51.1 Å². The largest absolute Gasteiger partial charge is 0.487 e. The molecule has 1 unspecified atom stereocenters. The normalized spacial score (nSPS) is 19.7. The number of aromatic nitrogens is 8. The van der Waals surface area contributed by atoms with Gasteiger partial charge in [0, 0.05) is 50.1 Å². The molecule has 0 spiro atoms. The summed E-state index contributed by atoms with van der Waals surface area (Å²) in [4.78, 5) is 11.8. The van der Waals surface area contributed by atoms with Gasteiger partial charge < -0.3 is 24.3 Å². The van der Waals surface area contributed by atoms with E-state index in [4.69, 9.17) is 24.0 Å². The van der Waals surface area contributed by atoms with E-state index in [1.165, 1.54) is 6.33 Å². The molecule has 2 fully saturated rings.